The van der Waals surface area contributed by atoms with Crippen LogP contribution in [0, 0.1) is 20.8 Å². The number of aryl methyl sites for hydroxylation is 2. The molecule has 50 heavy (non-hydrogen) atoms. The molecule has 12 nitrogen and oxygen atoms in total. The molecule has 0 fully saturated rings. The van der Waals surface area contributed by atoms with Gasteiger partial charge in [-0.05, 0) is 56.9 Å². The number of amides is 5. The monoisotopic (exact) mass is 690 g/mol. The lowest BCUT2D eigenvalue weighted by Crippen LogP contribution is -2.42. The minimum absolute atomic E-state index is 0.00178. The van der Waals surface area contributed by atoms with Crippen molar-refractivity contribution in [1.29, 1.82) is 0 Å². The highest BCUT2D eigenvalue weighted by atomic mass is 16.6. The van der Waals surface area contributed by atoms with Gasteiger partial charge in [0.05, 0.1) is 0 Å². The van der Waals surface area contributed by atoms with Crippen molar-refractivity contribution in [1.82, 2.24) is 20.0 Å². The number of rotatable bonds is 16. The van der Waals surface area contributed by atoms with E-state index in [2.05, 4.69) is 18.5 Å². The average molecular weight is 691 g/mol. The van der Waals surface area contributed by atoms with E-state index in [1.807, 2.05) is 19.9 Å². The number of carbonyl (C=O) groups is 5. The number of aromatic hydroxyl groups is 2. The SMILES string of the molecule is C=c1c(C)c(O)c(=C)c(C(C)(C)CC(=O)N(C)CCN(CCCCCC(=O)NCCN2C(=O)C=CC2=O)C(=O)Oc2ccc(C)c(C)c2)c1O. The number of carbonyl (C=O) groups excluding carboxylic acids is 5. The molecule has 0 spiro atoms. The second-order valence-electron chi connectivity index (χ2n) is 13.5. The van der Waals surface area contributed by atoms with E-state index in [1.54, 1.807) is 40.0 Å². The maximum Gasteiger partial charge on any atom is 0.415 e. The van der Waals surface area contributed by atoms with E-state index in [4.69, 9.17) is 4.74 Å². The predicted octanol–water partition coefficient (Wildman–Crippen LogP) is 3.07. The Bertz CT molecular complexity index is 1750. The van der Waals surface area contributed by atoms with Crippen molar-refractivity contribution < 1.29 is 38.9 Å². The van der Waals surface area contributed by atoms with Crippen LogP contribution in [0.15, 0.2) is 30.4 Å². The van der Waals surface area contributed by atoms with E-state index in [0.29, 0.717) is 42.7 Å². The molecule has 12 heteroatoms. The zero-order chi connectivity index (χ0) is 37.3. The number of hydrogen-bond donors (Lipinski definition) is 3. The predicted molar refractivity (Wildman–Crippen MR) is 191 cm³/mol. The molecule has 3 N–H and O–H groups in total. The second kappa shape index (κ2) is 17.0. The molecule has 0 saturated carbocycles. The van der Waals surface area contributed by atoms with Crippen molar-refractivity contribution in [3.8, 4) is 17.2 Å². The molecule has 0 saturated heterocycles. The fourth-order valence-corrected chi connectivity index (χ4v) is 5.73. The number of imide groups is 1. The van der Waals surface area contributed by atoms with Gasteiger partial charge in [0.2, 0.25) is 11.8 Å². The lowest BCUT2D eigenvalue weighted by Gasteiger charge is -2.30. The summed E-state index contributed by atoms with van der Waals surface area (Å²) in [6.07, 6.45) is 3.88. The van der Waals surface area contributed by atoms with E-state index < -0.39 is 23.3 Å². The molecule has 1 aliphatic rings. The minimum Gasteiger partial charge on any atom is -0.507 e. The molecule has 0 atom stereocenters. The maximum atomic E-state index is 13.4. The van der Waals surface area contributed by atoms with Gasteiger partial charge in [-0.1, -0.05) is 39.5 Å². The van der Waals surface area contributed by atoms with Crippen LogP contribution in [-0.4, -0.2) is 94.4 Å². The summed E-state index contributed by atoms with van der Waals surface area (Å²) < 4.78 is 5.70. The summed E-state index contributed by atoms with van der Waals surface area (Å²) in [5, 5.41) is 24.7. The molecular weight excluding hydrogens is 640 g/mol. The van der Waals surface area contributed by atoms with Crippen LogP contribution in [-0.2, 0) is 24.6 Å². The minimum atomic E-state index is -0.890. The molecule has 270 valence electrons. The molecular formula is C38H50N4O8. The smallest absolute Gasteiger partial charge is 0.415 e. The highest BCUT2D eigenvalue weighted by Gasteiger charge is 2.31. The van der Waals surface area contributed by atoms with Crippen LogP contribution in [0.25, 0.3) is 13.2 Å². The number of phenolic OH excluding ortho intramolecular Hbond substituents is 2. The molecule has 1 heterocycles. The normalized spacial score (nSPS) is 12.7. The Morgan fingerprint density at radius 3 is 2.20 bits per heavy atom. The molecule has 0 aliphatic carbocycles. The summed E-state index contributed by atoms with van der Waals surface area (Å²) in [6, 6.07) is 5.40. The fourth-order valence-electron chi connectivity index (χ4n) is 5.73. The van der Waals surface area contributed by atoms with Gasteiger partial charge in [0, 0.05) is 91.7 Å². The van der Waals surface area contributed by atoms with Gasteiger partial charge in [0.25, 0.3) is 11.8 Å². The quantitative estimate of drug-likeness (QED) is 0.138. The maximum absolute atomic E-state index is 13.4. The summed E-state index contributed by atoms with van der Waals surface area (Å²) >= 11 is 0. The van der Waals surface area contributed by atoms with E-state index in [9.17, 15) is 34.2 Å². The Kier molecular flexibility index (Phi) is 13.4. The van der Waals surface area contributed by atoms with Gasteiger partial charge in [0.15, 0.2) is 0 Å². The van der Waals surface area contributed by atoms with Gasteiger partial charge in [-0.15, -0.1) is 0 Å². The average Bonchev–Trinajstić information content (AvgIpc) is 3.37. The summed E-state index contributed by atoms with van der Waals surface area (Å²) in [5.74, 6) is -0.979. The van der Waals surface area contributed by atoms with Gasteiger partial charge in [-0.25, -0.2) is 4.79 Å². The molecule has 0 unspecified atom stereocenters. The van der Waals surface area contributed by atoms with E-state index >= 15 is 0 Å². The lowest BCUT2D eigenvalue weighted by molar-refractivity contribution is -0.137. The van der Waals surface area contributed by atoms with Crippen molar-refractivity contribution in [3.63, 3.8) is 0 Å². The first-order chi connectivity index (χ1) is 23.4. The Morgan fingerprint density at radius 2 is 1.56 bits per heavy atom. The Labute approximate surface area is 293 Å². The van der Waals surface area contributed by atoms with E-state index in [0.717, 1.165) is 16.0 Å². The number of phenols is 2. The Morgan fingerprint density at radius 1 is 0.900 bits per heavy atom. The van der Waals surface area contributed by atoms with Crippen LogP contribution >= 0.6 is 0 Å². The van der Waals surface area contributed by atoms with Crippen LogP contribution in [0.4, 0.5) is 4.79 Å². The number of nitrogens with one attached hydrogen (secondary N) is 1. The van der Waals surface area contributed by atoms with Crippen molar-refractivity contribution >= 4 is 42.9 Å². The van der Waals surface area contributed by atoms with Gasteiger partial charge >= 0.3 is 6.09 Å². The van der Waals surface area contributed by atoms with Crippen molar-refractivity contribution in [3.05, 3.63) is 63.0 Å². The molecule has 0 bridgehead atoms. The van der Waals surface area contributed by atoms with Gasteiger partial charge < -0.3 is 30.1 Å². The third-order valence-electron chi connectivity index (χ3n) is 9.15. The summed E-state index contributed by atoms with van der Waals surface area (Å²) in [7, 11) is 1.64. The van der Waals surface area contributed by atoms with Crippen molar-refractivity contribution in [2.24, 2.45) is 0 Å². The van der Waals surface area contributed by atoms with Crippen LogP contribution < -0.4 is 20.5 Å². The van der Waals surface area contributed by atoms with Crippen LogP contribution in [0.1, 0.15) is 68.2 Å². The summed E-state index contributed by atoms with van der Waals surface area (Å²) in [4.78, 5) is 66.4. The summed E-state index contributed by atoms with van der Waals surface area (Å²) in [6.45, 7) is 17.9. The molecule has 0 aromatic heterocycles. The zero-order valence-corrected chi connectivity index (χ0v) is 30.1. The number of benzene rings is 2. The third-order valence-corrected chi connectivity index (χ3v) is 9.15. The third kappa shape index (κ3) is 9.96. The summed E-state index contributed by atoms with van der Waals surface area (Å²) in [5.41, 5.74) is 1.94. The topological polar surface area (TPSA) is 157 Å². The first-order valence-corrected chi connectivity index (χ1v) is 16.8. The van der Waals surface area contributed by atoms with Crippen LogP contribution in [0.2, 0.25) is 0 Å². The number of ether oxygens (including phenoxy) is 1. The second-order valence-corrected chi connectivity index (χ2v) is 13.5. The number of unbranched alkanes of at least 4 members (excludes halogenated alkanes) is 2. The lowest BCUT2D eigenvalue weighted by atomic mass is 9.78. The first kappa shape index (κ1) is 39.3. The van der Waals surface area contributed by atoms with Crippen LogP contribution in [0.3, 0.4) is 0 Å². The Balaban J connectivity index is 1.58. The van der Waals surface area contributed by atoms with Crippen LogP contribution in [0.5, 0.6) is 17.2 Å². The van der Waals surface area contributed by atoms with Gasteiger partial charge in [-0.2, -0.15) is 0 Å². The zero-order valence-electron chi connectivity index (χ0n) is 30.1. The largest absolute Gasteiger partial charge is 0.507 e. The number of hydrogen-bond acceptors (Lipinski definition) is 8. The van der Waals surface area contributed by atoms with Crippen molar-refractivity contribution in [2.45, 2.75) is 72.1 Å². The first-order valence-electron chi connectivity index (χ1n) is 16.8. The molecule has 2 aromatic rings. The molecule has 0 radical (unpaired) electrons. The molecule has 5 amide bonds. The fraction of sp³-hybridized carbons (Fsp3) is 0.447. The van der Waals surface area contributed by atoms with E-state index in [-0.39, 0.29) is 72.8 Å². The Hall–Kier alpha value is -5.13. The molecule has 1 aliphatic heterocycles. The van der Waals surface area contributed by atoms with Gasteiger partial charge in [-0.3, -0.25) is 24.1 Å². The van der Waals surface area contributed by atoms with Crippen molar-refractivity contribution in [2.75, 3.05) is 39.8 Å². The molecule has 3 rings (SSSR count). The van der Waals surface area contributed by atoms with E-state index in [1.165, 1.54) is 22.0 Å². The van der Waals surface area contributed by atoms with Gasteiger partial charge in [0.1, 0.15) is 17.2 Å². The number of likely N-dealkylation sites (N-methyl/N-ethyl adjacent to an activating group) is 1. The molecule has 2 aromatic carbocycles. The number of nitrogens with zero attached hydrogens (tertiary/aromatic N) is 3. The highest BCUT2D eigenvalue weighted by Crippen LogP contribution is 2.32. The standard InChI is InChI=1S/C38H50N4O8/c1-24-13-14-29(22-25(24)2)50-37(49)41(18-11-9-10-12-30(43)39-17-19-42-31(44)15-16-32(42)45)21-20-40(8)33(46)23-38(6,7)34-28(5)35(47)26(3)27(4)36(34)48/h13-16,22,47-48H,4-5,9-12,17-21,23H2,1-3,6-8H3,(H,39,43). The highest BCUT2D eigenvalue weighted by molar-refractivity contribution is 6.12.